The summed E-state index contributed by atoms with van der Waals surface area (Å²) in [6, 6.07) is 0. The maximum absolute atomic E-state index is 9.71. The van der Waals surface area contributed by atoms with Gasteiger partial charge in [-0.3, -0.25) is 0 Å². The maximum Gasteiger partial charge on any atom is 0.133 e. The van der Waals surface area contributed by atoms with Gasteiger partial charge in [-0.25, -0.2) is 0 Å². The molecular formula is C33H50O3. The number of unbranched alkanes of at least 4 members (excludes halogenated alkanes) is 17. The van der Waals surface area contributed by atoms with Crippen LogP contribution >= 0.6 is 0 Å². The Morgan fingerprint density at radius 3 is 1.64 bits per heavy atom. The fraction of sp³-hybridized carbons (Fsp3) is 0.697. The first-order chi connectivity index (χ1) is 17.7. The fourth-order valence-electron chi connectivity index (χ4n) is 3.88. The second-order valence-corrected chi connectivity index (χ2v) is 9.37. The lowest BCUT2D eigenvalue weighted by Gasteiger charge is -2.03. The van der Waals surface area contributed by atoms with Crippen molar-refractivity contribution in [3.05, 3.63) is 12.2 Å². The van der Waals surface area contributed by atoms with Gasteiger partial charge in [0, 0.05) is 12.8 Å². The van der Waals surface area contributed by atoms with Crippen molar-refractivity contribution in [2.24, 2.45) is 0 Å². The van der Waals surface area contributed by atoms with E-state index in [4.69, 9.17) is 11.5 Å². The summed E-state index contributed by atoms with van der Waals surface area (Å²) in [5.41, 5.74) is 0. The number of allylic oxidation sites excluding steroid dienone is 1. The lowest BCUT2D eigenvalue weighted by molar-refractivity contribution is 0.217. The molecule has 3 heteroatoms. The van der Waals surface area contributed by atoms with Crippen LogP contribution < -0.4 is 0 Å². The summed E-state index contributed by atoms with van der Waals surface area (Å²) in [6.45, 7) is -0.191. The van der Waals surface area contributed by atoms with E-state index in [0.29, 0.717) is 6.42 Å². The van der Waals surface area contributed by atoms with E-state index in [-0.39, 0.29) is 6.61 Å². The zero-order valence-corrected chi connectivity index (χ0v) is 22.6. The first kappa shape index (κ1) is 33.9. The molecule has 0 bridgehead atoms. The molecule has 0 aromatic heterocycles. The molecule has 3 N–H and O–H groups in total. The molecule has 0 aromatic rings. The van der Waals surface area contributed by atoms with Gasteiger partial charge in [0.15, 0.2) is 0 Å². The van der Waals surface area contributed by atoms with E-state index in [1.54, 1.807) is 6.08 Å². The molecule has 36 heavy (non-hydrogen) atoms. The summed E-state index contributed by atoms with van der Waals surface area (Å²) in [7, 11) is 0. The molecule has 0 saturated carbocycles. The molecule has 0 spiro atoms. The Morgan fingerprint density at radius 2 is 1.11 bits per heavy atom. The Bertz CT molecular complexity index is 742. The fourth-order valence-corrected chi connectivity index (χ4v) is 3.88. The van der Waals surface area contributed by atoms with Crippen molar-refractivity contribution in [3.8, 4) is 47.9 Å². The molecule has 0 aliphatic rings. The third-order valence-electron chi connectivity index (χ3n) is 6.03. The minimum absolute atomic E-state index is 0.191. The zero-order valence-electron chi connectivity index (χ0n) is 22.6. The Balaban J connectivity index is 3.29. The van der Waals surface area contributed by atoms with Gasteiger partial charge < -0.3 is 15.3 Å². The number of aliphatic hydroxyl groups excluding tert-OH is 3. The van der Waals surface area contributed by atoms with Crippen LogP contribution in [0.3, 0.4) is 0 Å². The highest BCUT2D eigenvalue weighted by Crippen LogP contribution is 2.12. The molecule has 2 unspecified atom stereocenters. The van der Waals surface area contributed by atoms with Crippen LogP contribution in [0.15, 0.2) is 12.2 Å². The number of rotatable bonds is 21. The Morgan fingerprint density at radius 1 is 0.611 bits per heavy atom. The van der Waals surface area contributed by atoms with Crippen LogP contribution in [0.2, 0.25) is 0 Å². The van der Waals surface area contributed by atoms with Gasteiger partial charge >= 0.3 is 0 Å². The van der Waals surface area contributed by atoms with E-state index < -0.39 is 12.2 Å². The van der Waals surface area contributed by atoms with Gasteiger partial charge in [-0.15, -0.1) is 18.3 Å². The van der Waals surface area contributed by atoms with Crippen molar-refractivity contribution in [3.63, 3.8) is 0 Å². The van der Waals surface area contributed by atoms with Crippen molar-refractivity contribution in [2.75, 3.05) is 6.61 Å². The van der Waals surface area contributed by atoms with Crippen LogP contribution in [0.1, 0.15) is 128 Å². The quantitative estimate of drug-likeness (QED) is 0.0945. The SMILES string of the molecule is C#CC(O)C=CCCCCCCCCCCC#CCCCCCCCCCCC(O)C#CC#CCO. The monoisotopic (exact) mass is 494 g/mol. The highest BCUT2D eigenvalue weighted by atomic mass is 16.3. The number of hydrogen-bond acceptors (Lipinski definition) is 3. The summed E-state index contributed by atoms with van der Waals surface area (Å²) in [5.74, 6) is 19.2. The predicted octanol–water partition coefficient (Wildman–Crippen LogP) is 6.70. The normalized spacial score (nSPS) is 11.9. The van der Waals surface area contributed by atoms with Gasteiger partial charge in [-0.1, -0.05) is 101 Å². The van der Waals surface area contributed by atoms with Crippen LogP contribution in [-0.4, -0.2) is 34.1 Å². The molecule has 0 heterocycles. The smallest absolute Gasteiger partial charge is 0.133 e. The van der Waals surface area contributed by atoms with Crippen molar-refractivity contribution in [1.29, 1.82) is 0 Å². The van der Waals surface area contributed by atoms with Gasteiger partial charge in [0.2, 0.25) is 0 Å². The number of hydrogen-bond donors (Lipinski definition) is 3. The molecule has 0 aromatic carbocycles. The molecule has 0 fully saturated rings. The van der Waals surface area contributed by atoms with Crippen molar-refractivity contribution >= 4 is 0 Å². The van der Waals surface area contributed by atoms with Gasteiger partial charge in [0.25, 0.3) is 0 Å². The van der Waals surface area contributed by atoms with Crippen LogP contribution in [0, 0.1) is 47.9 Å². The van der Waals surface area contributed by atoms with Gasteiger partial charge in [-0.05, 0) is 56.4 Å². The van der Waals surface area contributed by atoms with Crippen molar-refractivity contribution < 1.29 is 15.3 Å². The molecule has 2 atom stereocenters. The maximum atomic E-state index is 9.71. The van der Waals surface area contributed by atoms with Crippen LogP contribution in [0.5, 0.6) is 0 Å². The molecule has 3 nitrogen and oxygen atoms in total. The Hall–Kier alpha value is -2.14. The molecule has 0 radical (unpaired) electrons. The van der Waals surface area contributed by atoms with Crippen molar-refractivity contribution in [1.82, 2.24) is 0 Å². The molecule has 200 valence electrons. The third kappa shape index (κ3) is 28.1. The van der Waals surface area contributed by atoms with E-state index in [1.807, 2.05) is 6.08 Å². The third-order valence-corrected chi connectivity index (χ3v) is 6.03. The highest BCUT2D eigenvalue weighted by Gasteiger charge is 1.99. The molecular weight excluding hydrogens is 444 g/mol. The van der Waals surface area contributed by atoms with E-state index in [1.165, 1.54) is 89.9 Å². The largest absolute Gasteiger partial charge is 0.384 e. The van der Waals surface area contributed by atoms with Gasteiger partial charge in [-0.2, -0.15) is 0 Å². The first-order valence-corrected chi connectivity index (χ1v) is 14.2. The molecule has 0 aliphatic heterocycles. The van der Waals surface area contributed by atoms with Gasteiger partial charge in [0.1, 0.15) is 18.8 Å². The molecule has 0 amide bonds. The molecule has 0 rings (SSSR count). The van der Waals surface area contributed by atoms with Crippen molar-refractivity contribution in [2.45, 2.75) is 141 Å². The van der Waals surface area contributed by atoms with Gasteiger partial charge in [0.05, 0.1) is 0 Å². The lowest BCUT2D eigenvalue weighted by Crippen LogP contribution is -2.01. The lowest BCUT2D eigenvalue weighted by atomic mass is 10.0. The summed E-state index contributed by atoms with van der Waals surface area (Å²) in [4.78, 5) is 0. The summed E-state index contributed by atoms with van der Waals surface area (Å²) < 4.78 is 0. The Labute approximate surface area is 222 Å². The van der Waals surface area contributed by atoms with Crippen LogP contribution in [0.4, 0.5) is 0 Å². The summed E-state index contributed by atoms with van der Waals surface area (Å²) >= 11 is 0. The molecule has 0 saturated heterocycles. The highest BCUT2D eigenvalue weighted by molar-refractivity contribution is 5.27. The average Bonchev–Trinajstić information content (AvgIpc) is 2.88. The van der Waals surface area contributed by atoms with E-state index >= 15 is 0 Å². The average molecular weight is 495 g/mol. The van der Waals surface area contributed by atoms with E-state index in [9.17, 15) is 10.2 Å². The summed E-state index contributed by atoms with van der Waals surface area (Å²) in [5, 5.41) is 27.5. The van der Waals surface area contributed by atoms with E-state index in [2.05, 4.69) is 41.4 Å². The zero-order chi connectivity index (χ0) is 26.4. The summed E-state index contributed by atoms with van der Waals surface area (Å²) in [6.07, 6.45) is 31.2. The first-order valence-electron chi connectivity index (χ1n) is 14.2. The minimum atomic E-state index is -0.729. The minimum Gasteiger partial charge on any atom is -0.384 e. The number of terminal acetylenes is 1. The standard InChI is InChI=1S/C33H50O3/c1-2-32(35)28-24-21-19-17-15-13-11-9-7-5-3-4-6-8-10-12-14-16-18-20-22-25-29-33(36)30-26-23-27-31-34/h1,24,28,32-36H,3,5,7-22,25,29,31H2. The van der Waals surface area contributed by atoms with Crippen LogP contribution in [0.25, 0.3) is 0 Å². The Kier molecular flexibility index (Phi) is 27.4. The molecule has 0 aliphatic carbocycles. The number of aliphatic hydroxyl groups is 3. The van der Waals surface area contributed by atoms with Crippen LogP contribution in [-0.2, 0) is 0 Å². The van der Waals surface area contributed by atoms with E-state index in [0.717, 1.165) is 32.1 Å². The second-order valence-electron chi connectivity index (χ2n) is 9.37. The topological polar surface area (TPSA) is 60.7 Å². The second kappa shape index (κ2) is 29.1. The predicted molar refractivity (Wildman–Crippen MR) is 153 cm³/mol.